The topological polar surface area (TPSA) is 81.7 Å². The van der Waals surface area contributed by atoms with Crippen molar-refractivity contribution in [2.45, 2.75) is 0 Å². The highest BCUT2D eigenvalue weighted by atomic mass is 32.1. The minimum atomic E-state index is -0.513. The lowest BCUT2D eigenvalue weighted by Gasteiger charge is -2.08. The molecule has 3 rings (SSSR count). The summed E-state index contributed by atoms with van der Waals surface area (Å²) in [6.45, 7) is 0. The van der Waals surface area contributed by atoms with Crippen LogP contribution in [0.15, 0.2) is 59.4 Å². The number of H-pyrrole nitrogens is 2. The summed E-state index contributed by atoms with van der Waals surface area (Å²) in [5.74, 6) is 1.29. The molecule has 0 aliphatic rings. The fourth-order valence-electron chi connectivity index (χ4n) is 2.15. The molecule has 1 aromatic heterocycles. The van der Waals surface area contributed by atoms with E-state index in [1.807, 2.05) is 36.4 Å². The summed E-state index contributed by atoms with van der Waals surface area (Å²) in [5.41, 5.74) is 0.489. The second kappa shape index (κ2) is 6.30. The van der Waals surface area contributed by atoms with Gasteiger partial charge in [-0.1, -0.05) is 30.3 Å². The van der Waals surface area contributed by atoms with Crippen LogP contribution in [0, 0.1) is 16.1 Å². The van der Waals surface area contributed by atoms with Gasteiger partial charge < -0.3 is 9.72 Å². The molecular weight excluding hydrogens is 310 g/mol. The highest BCUT2D eigenvalue weighted by Gasteiger charge is 2.11. The Morgan fingerprint density at radius 3 is 2.48 bits per heavy atom. The van der Waals surface area contributed by atoms with Crippen molar-refractivity contribution in [1.29, 1.82) is 5.26 Å². The van der Waals surface area contributed by atoms with E-state index >= 15 is 0 Å². The molecule has 23 heavy (non-hydrogen) atoms. The molecule has 0 amide bonds. The second-order valence-corrected chi connectivity index (χ2v) is 5.12. The van der Waals surface area contributed by atoms with Gasteiger partial charge in [0.2, 0.25) is 0 Å². The lowest BCUT2D eigenvalue weighted by atomic mass is 10.1. The van der Waals surface area contributed by atoms with Crippen molar-refractivity contribution in [1.82, 2.24) is 9.97 Å². The normalized spacial score (nSPS) is 10.0. The maximum atomic E-state index is 11.8. The molecule has 6 heteroatoms. The van der Waals surface area contributed by atoms with Gasteiger partial charge in [0.05, 0.1) is 5.69 Å². The molecule has 0 saturated carbocycles. The minimum absolute atomic E-state index is 0.0181. The van der Waals surface area contributed by atoms with Gasteiger partial charge in [0, 0.05) is 5.56 Å². The summed E-state index contributed by atoms with van der Waals surface area (Å²) in [6.07, 6.45) is 0. The number of ether oxygens (including phenoxy) is 1. The van der Waals surface area contributed by atoms with Gasteiger partial charge in [-0.25, -0.2) is 0 Å². The number of hydrogen-bond donors (Lipinski definition) is 2. The average Bonchev–Trinajstić information content (AvgIpc) is 2.55. The number of nitrogens with zero attached hydrogens (tertiary/aromatic N) is 1. The molecule has 5 nitrogen and oxygen atoms in total. The number of benzene rings is 2. The molecule has 1 heterocycles. The lowest BCUT2D eigenvalue weighted by Crippen LogP contribution is -2.13. The summed E-state index contributed by atoms with van der Waals surface area (Å²) in [7, 11) is 0. The molecule has 0 aliphatic carbocycles. The molecule has 0 unspecified atom stereocenters. The summed E-state index contributed by atoms with van der Waals surface area (Å²) >= 11 is 4.98. The zero-order chi connectivity index (χ0) is 16.2. The molecule has 0 atom stereocenters. The first-order valence-electron chi connectivity index (χ1n) is 6.77. The quantitative estimate of drug-likeness (QED) is 0.720. The third-order valence-corrected chi connectivity index (χ3v) is 3.36. The number of rotatable bonds is 3. The smallest absolute Gasteiger partial charge is 0.270 e. The Hall–Kier alpha value is -3.17. The van der Waals surface area contributed by atoms with Crippen molar-refractivity contribution in [3.8, 4) is 28.8 Å². The number of para-hydroxylation sites is 1. The summed E-state index contributed by atoms with van der Waals surface area (Å²) in [5, 5.41) is 9.20. The van der Waals surface area contributed by atoms with Crippen LogP contribution in [0.5, 0.6) is 11.5 Å². The highest BCUT2D eigenvalue weighted by molar-refractivity contribution is 7.71. The Bertz CT molecular complexity index is 1000. The van der Waals surface area contributed by atoms with Crippen LogP contribution < -0.4 is 10.3 Å². The summed E-state index contributed by atoms with van der Waals surface area (Å²) in [4.78, 5) is 17.1. The zero-order valence-electron chi connectivity index (χ0n) is 11.9. The Kier molecular flexibility index (Phi) is 4.04. The first-order chi connectivity index (χ1) is 11.2. The SMILES string of the molecule is N#Cc1c(-c2cccc(Oc3ccccc3)c2)[nH]c(=S)[nH]c1=O. The maximum Gasteiger partial charge on any atom is 0.270 e. The molecule has 2 N–H and O–H groups in total. The third-order valence-electron chi connectivity index (χ3n) is 3.16. The van der Waals surface area contributed by atoms with Gasteiger partial charge >= 0.3 is 0 Å². The predicted molar refractivity (Wildman–Crippen MR) is 88.9 cm³/mol. The first-order valence-corrected chi connectivity index (χ1v) is 7.18. The molecule has 0 fully saturated rings. The van der Waals surface area contributed by atoms with Crippen molar-refractivity contribution < 1.29 is 4.74 Å². The van der Waals surface area contributed by atoms with Gasteiger partial charge in [-0.15, -0.1) is 0 Å². The summed E-state index contributed by atoms with van der Waals surface area (Å²) < 4.78 is 5.93. The number of aromatic amines is 2. The van der Waals surface area contributed by atoms with Crippen LogP contribution in [0.2, 0.25) is 0 Å². The van der Waals surface area contributed by atoms with E-state index in [0.717, 1.165) is 0 Å². The number of nitrogens with one attached hydrogen (secondary N) is 2. The fraction of sp³-hybridized carbons (Fsp3) is 0. The third kappa shape index (κ3) is 3.20. The Labute approximate surface area is 136 Å². The van der Waals surface area contributed by atoms with E-state index in [-0.39, 0.29) is 10.3 Å². The molecular formula is C17H11N3O2S. The van der Waals surface area contributed by atoms with Crippen LogP contribution in [-0.2, 0) is 0 Å². The van der Waals surface area contributed by atoms with Crippen molar-refractivity contribution in [3.05, 3.63) is 75.3 Å². The maximum absolute atomic E-state index is 11.8. The monoisotopic (exact) mass is 321 g/mol. The van der Waals surface area contributed by atoms with Gasteiger partial charge in [0.15, 0.2) is 4.77 Å². The van der Waals surface area contributed by atoms with Gasteiger partial charge in [0.1, 0.15) is 23.1 Å². The van der Waals surface area contributed by atoms with Crippen LogP contribution in [0.25, 0.3) is 11.3 Å². The first kappa shape index (κ1) is 14.8. The van der Waals surface area contributed by atoms with E-state index in [9.17, 15) is 10.1 Å². The molecule has 0 radical (unpaired) electrons. The largest absolute Gasteiger partial charge is 0.457 e. The Morgan fingerprint density at radius 2 is 1.74 bits per heavy atom. The van der Waals surface area contributed by atoms with Crippen LogP contribution >= 0.6 is 12.2 Å². The Balaban J connectivity index is 2.06. The van der Waals surface area contributed by atoms with Gasteiger partial charge in [-0.3, -0.25) is 9.78 Å². The van der Waals surface area contributed by atoms with Crippen molar-refractivity contribution in [2.75, 3.05) is 0 Å². The van der Waals surface area contributed by atoms with Crippen molar-refractivity contribution >= 4 is 12.2 Å². The van der Waals surface area contributed by atoms with E-state index in [1.165, 1.54) is 0 Å². The fourth-order valence-corrected chi connectivity index (χ4v) is 2.34. The van der Waals surface area contributed by atoms with Crippen LogP contribution in [0.4, 0.5) is 0 Å². The number of hydrogen-bond acceptors (Lipinski definition) is 4. The molecule has 0 bridgehead atoms. The van der Waals surface area contributed by atoms with Crippen LogP contribution in [0.1, 0.15) is 5.56 Å². The zero-order valence-corrected chi connectivity index (χ0v) is 12.7. The van der Waals surface area contributed by atoms with E-state index in [1.54, 1.807) is 24.3 Å². The van der Waals surface area contributed by atoms with Gasteiger partial charge in [-0.05, 0) is 36.5 Å². The second-order valence-electron chi connectivity index (χ2n) is 4.71. The number of nitriles is 1. The van der Waals surface area contributed by atoms with Crippen LogP contribution in [-0.4, -0.2) is 9.97 Å². The van der Waals surface area contributed by atoms with Gasteiger partial charge in [-0.2, -0.15) is 5.26 Å². The van der Waals surface area contributed by atoms with E-state index in [2.05, 4.69) is 9.97 Å². The van der Waals surface area contributed by atoms with Crippen molar-refractivity contribution in [2.24, 2.45) is 0 Å². The molecule has 2 aromatic carbocycles. The van der Waals surface area contributed by atoms with Crippen LogP contribution in [0.3, 0.4) is 0 Å². The van der Waals surface area contributed by atoms with Crippen molar-refractivity contribution in [3.63, 3.8) is 0 Å². The Morgan fingerprint density at radius 1 is 1.00 bits per heavy atom. The highest BCUT2D eigenvalue weighted by Crippen LogP contribution is 2.26. The summed E-state index contributed by atoms with van der Waals surface area (Å²) in [6, 6.07) is 18.3. The van der Waals surface area contributed by atoms with E-state index < -0.39 is 5.56 Å². The standard InChI is InChI=1S/C17H11N3O2S/c18-10-14-15(19-17(23)20-16(14)21)11-5-4-8-13(9-11)22-12-6-2-1-3-7-12/h1-9H,(H2,19,20,21,23). The average molecular weight is 321 g/mol. The minimum Gasteiger partial charge on any atom is -0.457 e. The molecule has 0 spiro atoms. The molecule has 0 saturated heterocycles. The van der Waals surface area contributed by atoms with E-state index in [4.69, 9.17) is 17.0 Å². The van der Waals surface area contributed by atoms with Gasteiger partial charge in [0.25, 0.3) is 5.56 Å². The number of aromatic nitrogens is 2. The lowest BCUT2D eigenvalue weighted by molar-refractivity contribution is 0.483. The molecule has 3 aromatic rings. The predicted octanol–water partition coefficient (Wildman–Crippen LogP) is 3.76. The van der Waals surface area contributed by atoms with E-state index in [0.29, 0.717) is 22.8 Å². The molecule has 112 valence electrons. The molecule has 0 aliphatic heterocycles.